The third-order valence-electron chi connectivity index (χ3n) is 4.98. The van der Waals surface area contributed by atoms with Crippen LogP contribution in [0.2, 0.25) is 0 Å². The molecule has 4 nitrogen and oxygen atoms in total. The maximum absolute atomic E-state index is 12.4. The molecule has 2 unspecified atom stereocenters. The smallest absolute Gasteiger partial charge is 0.226 e. The number of methoxy groups -OCH3 is 1. The van der Waals surface area contributed by atoms with E-state index >= 15 is 0 Å². The van der Waals surface area contributed by atoms with Crippen LogP contribution in [-0.2, 0) is 9.53 Å². The summed E-state index contributed by atoms with van der Waals surface area (Å²) < 4.78 is 5.26. The number of rotatable bonds is 3. The van der Waals surface area contributed by atoms with Gasteiger partial charge >= 0.3 is 0 Å². The molecule has 1 amide bonds. The zero-order chi connectivity index (χ0) is 12.9. The summed E-state index contributed by atoms with van der Waals surface area (Å²) in [6, 6.07) is 1.58. The van der Waals surface area contributed by atoms with Crippen molar-refractivity contribution in [1.29, 1.82) is 0 Å². The summed E-state index contributed by atoms with van der Waals surface area (Å²) in [6.45, 7) is 6.62. The molecular formula is C14H24N2O2. The molecule has 102 valence electrons. The van der Waals surface area contributed by atoms with Crippen molar-refractivity contribution < 1.29 is 9.53 Å². The predicted molar refractivity (Wildman–Crippen MR) is 69.3 cm³/mol. The minimum Gasteiger partial charge on any atom is -0.381 e. The number of carbonyl (C=O) groups excluding carboxylic acids is 1. The van der Waals surface area contributed by atoms with Gasteiger partial charge in [-0.15, -0.1) is 0 Å². The van der Waals surface area contributed by atoms with E-state index in [0.29, 0.717) is 30.1 Å². The largest absolute Gasteiger partial charge is 0.381 e. The van der Waals surface area contributed by atoms with E-state index in [9.17, 15) is 4.79 Å². The van der Waals surface area contributed by atoms with Crippen LogP contribution in [0.25, 0.3) is 0 Å². The highest BCUT2D eigenvalue weighted by atomic mass is 16.5. The molecule has 4 heteroatoms. The van der Waals surface area contributed by atoms with Crippen molar-refractivity contribution >= 4 is 5.91 Å². The highest BCUT2D eigenvalue weighted by Crippen LogP contribution is 2.39. The molecule has 0 N–H and O–H groups in total. The molecular weight excluding hydrogens is 228 g/mol. The first kappa shape index (κ1) is 12.4. The average molecular weight is 252 g/mol. The van der Waals surface area contributed by atoms with Gasteiger partial charge in [-0.2, -0.15) is 0 Å². The maximum atomic E-state index is 12.4. The zero-order valence-electron chi connectivity index (χ0n) is 11.6. The molecule has 0 radical (unpaired) electrons. The minimum atomic E-state index is 0.242. The van der Waals surface area contributed by atoms with Gasteiger partial charge in [-0.25, -0.2) is 0 Å². The number of likely N-dealkylation sites (tertiary alicyclic amines) is 2. The van der Waals surface area contributed by atoms with Crippen molar-refractivity contribution in [2.45, 2.75) is 57.3 Å². The summed E-state index contributed by atoms with van der Waals surface area (Å²) in [5.74, 6) is 0.638. The van der Waals surface area contributed by atoms with Crippen LogP contribution in [0.15, 0.2) is 0 Å². The summed E-state index contributed by atoms with van der Waals surface area (Å²) in [5, 5.41) is 0. The van der Waals surface area contributed by atoms with Crippen molar-refractivity contribution in [3.05, 3.63) is 0 Å². The molecule has 3 fully saturated rings. The fourth-order valence-electron chi connectivity index (χ4n) is 3.59. The Balaban J connectivity index is 1.55. The van der Waals surface area contributed by atoms with Crippen LogP contribution in [-0.4, -0.2) is 60.1 Å². The van der Waals surface area contributed by atoms with Gasteiger partial charge in [0, 0.05) is 44.2 Å². The Kier molecular flexibility index (Phi) is 3.10. The van der Waals surface area contributed by atoms with Gasteiger partial charge in [-0.05, 0) is 33.1 Å². The van der Waals surface area contributed by atoms with Gasteiger partial charge in [-0.3, -0.25) is 9.69 Å². The van der Waals surface area contributed by atoms with E-state index in [1.54, 1.807) is 7.11 Å². The molecule has 0 aromatic carbocycles. The Labute approximate surface area is 109 Å². The standard InChI is InChI=1S/C14H24N2O2/c1-9(2)15-7-11-6-12(8-15)16(11)14(17)10-4-13(5-10)18-3/h9-13H,4-8H2,1-3H3. The number of ether oxygens (including phenoxy) is 1. The number of fused-ring (bicyclic) bond motifs is 2. The van der Waals surface area contributed by atoms with Crippen molar-refractivity contribution in [3.8, 4) is 0 Å². The van der Waals surface area contributed by atoms with Crippen LogP contribution in [0.1, 0.15) is 33.1 Å². The van der Waals surface area contributed by atoms with Crippen LogP contribution >= 0.6 is 0 Å². The number of amides is 1. The first-order valence-corrected chi connectivity index (χ1v) is 7.19. The number of piperidine rings is 1. The quantitative estimate of drug-likeness (QED) is 0.754. The number of nitrogens with zero attached hydrogens (tertiary/aromatic N) is 2. The lowest BCUT2D eigenvalue weighted by molar-refractivity contribution is -0.167. The molecule has 0 aromatic heterocycles. The maximum Gasteiger partial charge on any atom is 0.226 e. The normalized spacial score (nSPS) is 39.4. The van der Waals surface area contributed by atoms with Gasteiger partial charge in [0.05, 0.1) is 6.10 Å². The first-order chi connectivity index (χ1) is 8.60. The van der Waals surface area contributed by atoms with Crippen molar-refractivity contribution in [2.75, 3.05) is 20.2 Å². The average Bonchev–Trinajstić information content (AvgIpc) is 2.27. The van der Waals surface area contributed by atoms with Crippen LogP contribution in [0, 0.1) is 5.92 Å². The monoisotopic (exact) mass is 252 g/mol. The summed E-state index contributed by atoms with van der Waals surface area (Å²) in [6.07, 6.45) is 3.40. The first-order valence-electron chi connectivity index (χ1n) is 7.19. The van der Waals surface area contributed by atoms with Crippen molar-refractivity contribution in [1.82, 2.24) is 9.80 Å². The third-order valence-corrected chi connectivity index (χ3v) is 4.98. The third kappa shape index (κ3) is 1.86. The van der Waals surface area contributed by atoms with Gasteiger partial charge in [-0.1, -0.05) is 0 Å². The van der Waals surface area contributed by atoms with Gasteiger partial charge in [0.25, 0.3) is 0 Å². The fraction of sp³-hybridized carbons (Fsp3) is 0.929. The van der Waals surface area contributed by atoms with Gasteiger partial charge in [0.15, 0.2) is 0 Å². The van der Waals surface area contributed by atoms with Gasteiger partial charge in [0.2, 0.25) is 5.91 Å². The van der Waals surface area contributed by atoms with E-state index in [1.807, 2.05) is 0 Å². The van der Waals surface area contributed by atoms with Crippen molar-refractivity contribution in [3.63, 3.8) is 0 Å². The second-order valence-electron chi connectivity index (χ2n) is 6.36. The highest BCUT2D eigenvalue weighted by molar-refractivity contribution is 5.81. The summed E-state index contributed by atoms with van der Waals surface area (Å²) in [4.78, 5) is 17.1. The lowest BCUT2D eigenvalue weighted by atomic mass is 9.77. The minimum absolute atomic E-state index is 0.242. The number of carbonyl (C=O) groups is 1. The summed E-state index contributed by atoms with van der Waals surface area (Å²) >= 11 is 0. The van der Waals surface area contributed by atoms with E-state index in [0.717, 1.165) is 25.9 Å². The lowest BCUT2D eigenvalue weighted by Crippen LogP contribution is -2.72. The predicted octanol–water partition coefficient (Wildman–Crippen LogP) is 1.10. The SMILES string of the molecule is COC1CC(C(=O)N2C3CC2CN(C(C)C)C3)C1. The van der Waals surface area contributed by atoms with E-state index < -0.39 is 0 Å². The Morgan fingerprint density at radius 1 is 1.17 bits per heavy atom. The second kappa shape index (κ2) is 4.49. The Morgan fingerprint density at radius 3 is 2.28 bits per heavy atom. The lowest BCUT2D eigenvalue weighted by Gasteiger charge is -2.58. The van der Waals surface area contributed by atoms with E-state index in [-0.39, 0.29) is 5.92 Å². The highest BCUT2D eigenvalue weighted by Gasteiger charge is 2.50. The Hall–Kier alpha value is -0.610. The summed E-state index contributed by atoms with van der Waals surface area (Å²) in [7, 11) is 1.74. The number of hydrogen-bond acceptors (Lipinski definition) is 3. The molecule has 2 saturated heterocycles. The van der Waals surface area contributed by atoms with Crippen LogP contribution < -0.4 is 0 Å². The fourth-order valence-corrected chi connectivity index (χ4v) is 3.59. The zero-order valence-corrected chi connectivity index (χ0v) is 11.6. The van der Waals surface area contributed by atoms with E-state index in [1.165, 1.54) is 6.42 Å². The Morgan fingerprint density at radius 2 is 1.78 bits per heavy atom. The molecule has 1 aliphatic carbocycles. The second-order valence-corrected chi connectivity index (χ2v) is 6.36. The number of piperazine rings is 1. The van der Waals surface area contributed by atoms with Crippen LogP contribution in [0.4, 0.5) is 0 Å². The summed E-state index contributed by atoms with van der Waals surface area (Å²) in [5.41, 5.74) is 0. The molecule has 2 bridgehead atoms. The van der Waals surface area contributed by atoms with E-state index in [4.69, 9.17) is 4.74 Å². The molecule has 2 aliphatic heterocycles. The van der Waals surface area contributed by atoms with Crippen LogP contribution in [0.3, 0.4) is 0 Å². The van der Waals surface area contributed by atoms with Crippen molar-refractivity contribution in [2.24, 2.45) is 5.92 Å². The molecule has 2 heterocycles. The van der Waals surface area contributed by atoms with E-state index in [2.05, 4.69) is 23.6 Å². The van der Waals surface area contributed by atoms with Gasteiger partial charge in [0.1, 0.15) is 0 Å². The topological polar surface area (TPSA) is 32.8 Å². The molecule has 3 rings (SSSR count). The Bertz CT molecular complexity index is 327. The molecule has 3 aliphatic rings. The molecule has 0 spiro atoms. The molecule has 0 aromatic rings. The van der Waals surface area contributed by atoms with Gasteiger partial charge < -0.3 is 9.64 Å². The van der Waals surface area contributed by atoms with Crippen LogP contribution in [0.5, 0.6) is 0 Å². The molecule has 2 atom stereocenters. The number of hydrogen-bond donors (Lipinski definition) is 0. The molecule has 18 heavy (non-hydrogen) atoms. The molecule has 1 saturated carbocycles.